The predicted molar refractivity (Wildman–Crippen MR) is 62.1 cm³/mol. The van der Waals surface area contributed by atoms with Crippen LogP contribution in [0.4, 0.5) is 8.78 Å². The summed E-state index contributed by atoms with van der Waals surface area (Å²) in [6.45, 7) is 5.58. The highest BCUT2D eigenvalue weighted by atomic mass is 19.1. The van der Waals surface area contributed by atoms with Crippen molar-refractivity contribution in [1.29, 1.82) is 0 Å². The Hall–Kier alpha value is -0.960. The molecule has 1 nitrogen and oxygen atoms in total. The Morgan fingerprint density at radius 1 is 1.25 bits per heavy atom. The molecule has 1 rings (SSSR count). The van der Waals surface area contributed by atoms with Gasteiger partial charge in [-0.3, -0.25) is 0 Å². The van der Waals surface area contributed by atoms with Crippen LogP contribution in [0.3, 0.4) is 0 Å². The van der Waals surface area contributed by atoms with Crippen LogP contribution in [0, 0.1) is 17.6 Å². The van der Waals surface area contributed by atoms with Crippen molar-refractivity contribution in [2.45, 2.75) is 33.2 Å². The second kappa shape index (κ2) is 6.59. The van der Waals surface area contributed by atoms with E-state index in [0.29, 0.717) is 18.0 Å². The Bertz CT molecular complexity index is 324. The minimum atomic E-state index is -0.389. The number of hydrogen-bond donors (Lipinski definition) is 1. The number of nitrogens with one attached hydrogen (secondary N) is 1. The first-order valence-corrected chi connectivity index (χ1v) is 5.74. The lowest BCUT2D eigenvalue weighted by Gasteiger charge is -2.07. The number of halogens is 2. The monoisotopic (exact) mass is 227 g/mol. The molecule has 1 N–H and O–H groups in total. The molecule has 0 aliphatic heterocycles. The summed E-state index contributed by atoms with van der Waals surface area (Å²) in [5, 5.41) is 3.12. The zero-order valence-corrected chi connectivity index (χ0v) is 9.89. The molecule has 0 spiro atoms. The molecule has 0 heterocycles. The van der Waals surface area contributed by atoms with E-state index in [4.69, 9.17) is 0 Å². The van der Waals surface area contributed by atoms with Crippen molar-refractivity contribution >= 4 is 0 Å². The molecule has 0 radical (unpaired) electrons. The van der Waals surface area contributed by atoms with Gasteiger partial charge in [-0.05, 0) is 43.5 Å². The molecule has 0 bridgehead atoms. The average molecular weight is 227 g/mol. The molecular weight excluding hydrogens is 208 g/mol. The third-order valence-corrected chi connectivity index (χ3v) is 2.46. The van der Waals surface area contributed by atoms with Gasteiger partial charge in [-0.25, -0.2) is 8.78 Å². The molecule has 0 aliphatic carbocycles. The van der Waals surface area contributed by atoms with E-state index in [0.717, 1.165) is 25.5 Å². The molecule has 0 aromatic heterocycles. The van der Waals surface area contributed by atoms with Crippen LogP contribution in [-0.4, -0.2) is 6.54 Å². The summed E-state index contributed by atoms with van der Waals surface area (Å²) in [7, 11) is 0. The summed E-state index contributed by atoms with van der Waals surface area (Å²) in [6.07, 6.45) is 2.22. The van der Waals surface area contributed by atoms with Crippen molar-refractivity contribution in [2.24, 2.45) is 5.92 Å². The maximum absolute atomic E-state index is 13.2. The fourth-order valence-corrected chi connectivity index (χ4v) is 1.54. The van der Waals surface area contributed by atoms with E-state index >= 15 is 0 Å². The van der Waals surface area contributed by atoms with Crippen molar-refractivity contribution in [3.63, 3.8) is 0 Å². The van der Waals surface area contributed by atoms with E-state index in [1.807, 2.05) is 0 Å². The van der Waals surface area contributed by atoms with Crippen molar-refractivity contribution in [3.05, 3.63) is 35.4 Å². The van der Waals surface area contributed by atoms with Crippen LogP contribution < -0.4 is 5.32 Å². The first kappa shape index (κ1) is 13.1. The Balaban J connectivity index is 2.29. The third-order valence-electron chi connectivity index (χ3n) is 2.46. The van der Waals surface area contributed by atoms with Gasteiger partial charge in [-0.15, -0.1) is 0 Å². The molecule has 0 saturated carbocycles. The van der Waals surface area contributed by atoms with E-state index in [9.17, 15) is 8.78 Å². The lowest BCUT2D eigenvalue weighted by Crippen LogP contribution is -2.16. The van der Waals surface area contributed by atoms with Gasteiger partial charge in [0.1, 0.15) is 11.6 Å². The van der Waals surface area contributed by atoms with E-state index in [1.54, 1.807) is 0 Å². The fraction of sp³-hybridized carbons (Fsp3) is 0.538. The number of hydrogen-bond acceptors (Lipinski definition) is 1. The Morgan fingerprint density at radius 3 is 2.69 bits per heavy atom. The third kappa shape index (κ3) is 4.71. The van der Waals surface area contributed by atoms with Gasteiger partial charge in [0.25, 0.3) is 0 Å². The van der Waals surface area contributed by atoms with Crippen LogP contribution in [0.25, 0.3) is 0 Å². The molecule has 0 atom stereocenters. The van der Waals surface area contributed by atoms with Gasteiger partial charge in [0.15, 0.2) is 0 Å². The van der Waals surface area contributed by atoms with Crippen molar-refractivity contribution in [1.82, 2.24) is 5.32 Å². The van der Waals surface area contributed by atoms with Crippen molar-refractivity contribution < 1.29 is 8.78 Å². The van der Waals surface area contributed by atoms with Crippen LogP contribution in [0.5, 0.6) is 0 Å². The topological polar surface area (TPSA) is 12.0 Å². The molecule has 1 aromatic carbocycles. The van der Waals surface area contributed by atoms with E-state index in [-0.39, 0.29) is 11.6 Å². The summed E-state index contributed by atoms with van der Waals surface area (Å²) < 4.78 is 26.0. The van der Waals surface area contributed by atoms with Gasteiger partial charge < -0.3 is 5.32 Å². The van der Waals surface area contributed by atoms with E-state index in [2.05, 4.69) is 19.2 Å². The largest absolute Gasteiger partial charge is 0.313 e. The highest BCUT2D eigenvalue weighted by molar-refractivity contribution is 5.18. The molecule has 3 heteroatoms. The summed E-state index contributed by atoms with van der Waals surface area (Å²) in [6, 6.07) is 3.54. The average Bonchev–Trinajstić information content (AvgIpc) is 2.22. The summed E-state index contributed by atoms with van der Waals surface area (Å²) in [5.74, 6) is -0.0501. The number of benzene rings is 1. The Kier molecular flexibility index (Phi) is 5.39. The standard InChI is InChI=1S/C13H19F2N/c1-10(2)4-3-7-16-9-11-8-12(14)5-6-13(11)15/h5-6,8,10,16H,3-4,7,9H2,1-2H3. The quantitative estimate of drug-likeness (QED) is 0.733. The fourth-order valence-electron chi connectivity index (χ4n) is 1.54. The van der Waals surface area contributed by atoms with Gasteiger partial charge >= 0.3 is 0 Å². The summed E-state index contributed by atoms with van der Waals surface area (Å²) in [5.41, 5.74) is 0.393. The molecule has 1 aromatic rings. The van der Waals surface area contributed by atoms with Crippen LogP contribution >= 0.6 is 0 Å². The van der Waals surface area contributed by atoms with Crippen LogP contribution in [0.2, 0.25) is 0 Å². The van der Waals surface area contributed by atoms with E-state index < -0.39 is 0 Å². The maximum Gasteiger partial charge on any atom is 0.127 e. The van der Waals surface area contributed by atoms with Gasteiger partial charge in [-0.2, -0.15) is 0 Å². The van der Waals surface area contributed by atoms with Gasteiger partial charge in [0, 0.05) is 12.1 Å². The molecule has 0 unspecified atom stereocenters. The van der Waals surface area contributed by atoms with Gasteiger partial charge in [-0.1, -0.05) is 13.8 Å². The summed E-state index contributed by atoms with van der Waals surface area (Å²) >= 11 is 0. The Labute approximate surface area is 95.9 Å². The SMILES string of the molecule is CC(C)CCCNCc1cc(F)ccc1F. The van der Waals surface area contributed by atoms with Gasteiger partial charge in [0.2, 0.25) is 0 Å². The summed E-state index contributed by atoms with van der Waals surface area (Å²) in [4.78, 5) is 0. The first-order chi connectivity index (χ1) is 7.59. The van der Waals surface area contributed by atoms with Crippen molar-refractivity contribution in [3.8, 4) is 0 Å². The predicted octanol–water partition coefficient (Wildman–Crippen LogP) is 3.49. The minimum absolute atomic E-state index is 0.349. The first-order valence-electron chi connectivity index (χ1n) is 5.74. The normalized spacial score (nSPS) is 11.1. The van der Waals surface area contributed by atoms with Gasteiger partial charge in [0.05, 0.1) is 0 Å². The van der Waals surface area contributed by atoms with Crippen LogP contribution in [-0.2, 0) is 6.54 Å². The molecule has 16 heavy (non-hydrogen) atoms. The van der Waals surface area contributed by atoms with Crippen LogP contribution in [0.15, 0.2) is 18.2 Å². The molecule has 0 amide bonds. The molecular formula is C13H19F2N. The van der Waals surface area contributed by atoms with Crippen molar-refractivity contribution in [2.75, 3.05) is 6.54 Å². The molecule has 0 aliphatic rings. The zero-order chi connectivity index (χ0) is 12.0. The second-order valence-corrected chi connectivity index (χ2v) is 4.45. The van der Waals surface area contributed by atoms with E-state index in [1.165, 1.54) is 12.1 Å². The molecule has 90 valence electrons. The van der Waals surface area contributed by atoms with Crippen LogP contribution in [0.1, 0.15) is 32.3 Å². The smallest absolute Gasteiger partial charge is 0.127 e. The highest BCUT2D eigenvalue weighted by Gasteiger charge is 2.03. The lowest BCUT2D eigenvalue weighted by atomic mass is 10.1. The Morgan fingerprint density at radius 2 is 2.00 bits per heavy atom. The molecule has 0 saturated heterocycles. The molecule has 0 fully saturated rings. The minimum Gasteiger partial charge on any atom is -0.313 e. The lowest BCUT2D eigenvalue weighted by molar-refractivity contribution is 0.518. The highest BCUT2D eigenvalue weighted by Crippen LogP contribution is 2.09. The maximum atomic E-state index is 13.2. The number of rotatable bonds is 6. The zero-order valence-electron chi connectivity index (χ0n) is 9.89. The second-order valence-electron chi connectivity index (χ2n) is 4.45.